The number of hydrogen-bond acceptors (Lipinski definition) is 3. The number of benzene rings is 2. The summed E-state index contributed by atoms with van der Waals surface area (Å²) in [6.45, 7) is 0.409. The van der Waals surface area contributed by atoms with Crippen LogP contribution in [0.25, 0.3) is 0 Å². The van der Waals surface area contributed by atoms with Crippen molar-refractivity contribution in [1.82, 2.24) is 0 Å². The van der Waals surface area contributed by atoms with Gasteiger partial charge in [0.2, 0.25) is 5.91 Å². The minimum atomic E-state index is -0.0897. The SMILES string of the molecule is O=C(CCCOc1ccccc1)Nc1ccccc1CO. The summed E-state index contributed by atoms with van der Waals surface area (Å²) in [4.78, 5) is 11.8. The van der Waals surface area contributed by atoms with Crippen LogP contribution in [0.3, 0.4) is 0 Å². The number of aliphatic hydroxyl groups is 1. The highest BCUT2D eigenvalue weighted by Gasteiger charge is 2.05. The summed E-state index contributed by atoms with van der Waals surface area (Å²) < 4.78 is 5.53. The zero-order valence-corrected chi connectivity index (χ0v) is 11.8. The summed E-state index contributed by atoms with van der Waals surface area (Å²) in [7, 11) is 0. The van der Waals surface area contributed by atoms with Crippen LogP contribution in [0.4, 0.5) is 5.69 Å². The Bertz CT molecular complexity index is 569. The molecule has 0 unspecified atom stereocenters. The Hall–Kier alpha value is -2.33. The maximum absolute atomic E-state index is 11.8. The zero-order valence-electron chi connectivity index (χ0n) is 11.8. The van der Waals surface area contributed by atoms with Gasteiger partial charge in [-0.25, -0.2) is 0 Å². The highest BCUT2D eigenvalue weighted by atomic mass is 16.5. The van der Waals surface area contributed by atoms with E-state index in [-0.39, 0.29) is 12.5 Å². The number of ether oxygens (including phenoxy) is 1. The first-order valence-corrected chi connectivity index (χ1v) is 6.96. The lowest BCUT2D eigenvalue weighted by Gasteiger charge is -2.09. The van der Waals surface area contributed by atoms with E-state index >= 15 is 0 Å². The lowest BCUT2D eigenvalue weighted by molar-refractivity contribution is -0.116. The van der Waals surface area contributed by atoms with Crippen molar-refractivity contribution in [1.29, 1.82) is 0 Å². The molecular formula is C17H19NO3. The zero-order chi connectivity index (χ0) is 14.9. The van der Waals surface area contributed by atoms with Crippen molar-refractivity contribution in [2.45, 2.75) is 19.4 Å². The lowest BCUT2D eigenvalue weighted by atomic mass is 10.2. The van der Waals surface area contributed by atoms with E-state index in [0.717, 1.165) is 5.75 Å². The molecule has 4 nitrogen and oxygen atoms in total. The summed E-state index contributed by atoms with van der Waals surface area (Å²) in [5.41, 5.74) is 1.38. The molecule has 2 aromatic carbocycles. The van der Waals surface area contributed by atoms with E-state index in [1.54, 1.807) is 12.1 Å². The van der Waals surface area contributed by atoms with E-state index < -0.39 is 0 Å². The molecule has 0 aliphatic heterocycles. The number of nitrogens with one attached hydrogen (secondary N) is 1. The number of anilines is 1. The van der Waals surface area contributed by atoms with E-state index in [9.17, 15) is 9.90 Å². The van der Waals surface area contributed by atoms with Gasteiger partial charge in [-0.05, 0) is 24.6 Å². The van der Waals surface area contributed by atoms with Crippen molar-refractivity contribution >= 4 is 11.6 Å². The average Bonchev–Trinajstić information content (AvgIpc) is 2.53. The molecule has 4 heteroatoms. The van der Waals surface area contributed by atoms with Gasteiger partial charge in [0, 0.05) is 17.7 Å². The highest BCUT2D eigenvalue weighted by molar-refractivity contribution is 5.91. The number of rotatable bonds is 7. The normalized spacial score (nSPS) is 10.1. The standard InChI is InChI=1S/C17H19NO3/c19-13-14-7-4-5-10-16(14)18-17(20)11-6-12-21-15-8-2-1-3-9-15/h1-5,7-10,19H,6,11-13H2,(H,18,20). The van der Waals surface area contributed by atoms with Crippen LogP contribution in [0.1, 0.15) is 18.4 Å². The lowest BCUT2D eigenvalue weighted by Crippen LogP contribution is -2.14. The Morgan fingerprint density at radius 3 is 2.52 bits per heavy atom. The molecule has 0 bridgehead atoms. The smallest absolute Gasteiger partial charge is 0.224 e. The van der Waals surface area contributed by atoms with Gasteiger partial charge < -0.3 is 15.2 Å². The predicted molar refractivity (Wildman–Crippen MR) is 82.2 cm³/mol. The third-order valence-corrected chi connectivity index (χ3v) is 3.02. The highest BCUT2D eigenvalue weighted by Crippen LogP contribution is 2.15. The molecule has 2 N–H and O–H groups in total. The van der Waals surface area contributed by atoms with Gasteiger partial charge in [-0.2, -0.15) is 0 Å². The third-order valence-electron chi connectivity index (χ3n) is 3.02. The van der Waals surface area contributed by atoms with Crippen molar-refractivity contribution in [3.05, 3.63) is 60.2 Å². The Morgan fingerprint density at radius 1 is 1.05 bits per heavy atom. The van der Waals surface area contributed by atoms with Gasteiger partial charge in [0.05, 0.1) is 13.2 Å². The van der Waals surface area contributed by atoms with Crippen LogP contribution < -0.4 is 10.1 Å². The largest absolute Gasteiger partial charge is 0.494 e. The average molecular weight is 285 g/mol. The molecule has 0 aromatic heterocycles. The molecule has 0 atom stereocenters. The Kier molecular flexibility index (Phi) is 5.79. The molecule has 0 heterocycles. The van der Waals surface area contributed by atoms with Gasteiger partial charge in [0.15, 0.2) is 0 Å². The number of hydrogen-bond donors (Lipinski definition) is 2. The van der Waals surface area contributed by atoms with Gasteiger partial charge in [-0.3, -0.25) is 4.79 Å². The van der Waals surface area contributed by atoms with E-state index in [4.69, 9.17) is 4.74 Å². The predicted octanol–water partition coefficient (Wildman–Crippen LogP) is 2.98. The number of para-hydroxylation sites is 2. The molecule has 0 aliphatic carbocycles. The minimum absolute atomic E-state index is 0.0763. The van der Waals surface area contributed by atoms with Crippen LogP contribution in [-0.2, 0) is 11.4 Å². The number of amides is 1. The molecule has 0 radical (unpaired) electrons. The van der Waals surface area contributed by atoms with E-state index in [1.807, 2.05) is 42.5 Å². The second-order valence-electron chi connectivity index (χ2n) is 4.63. The molecule has 2 aromatic rings. The Balaban J connectivity index is 1.72. The molecule has 0 fully saturated rings. The maximum Gasteiger partial charge on any atom is 0.224 e. The Morgan fingerprint density at radius 2 is 1.76 bits per heavy atom. The van der Waals surface area contributed by atoms with Crippen molar-refractivity contribution in [2.75, 3.05) is 11.9 Å². The van der Waals surface area contributed by atoms with Crippen LogP contribution in [0, 0.1) is 0 Å². The molecule has 21 heavy (non-hydrogen) atoms. The summed E-state index contributed by atoms with van der Waals surface area (Å²) in [6.07, 6.45) is 1.02. The second-order valence-corrected chi connectivity index (χ2v) is 4.63. The van der Waals surface area contributed by atoms with Crippen molar-refractivity contribution in [3.8, 4) is 5.75 Å². The van der Waals surface area contributed by atoms with Gasteiger partial charge in [-0.15, -0.1) is 0 Å². The van der Waals surface area contributed by atoms with Crippen molar-refractivity contribution in [3.63, 3.8) is 0 Å². The maximum atomic E-state index is 11.8. The van der Waals surface area contributed by atoms with Crippen molar-refractivity contribution < 1.29 is 14.6 Å². The summed E-state index contributed by atoms with van der Waals surface area (Å²) in [5, 5.41) is 12.0. The first-order chi connectivity index (χ1) is 10.3. The van der Waals surface area contributed by atoms with E-state index in [0.29, 0.717) is 30.7 Å². The second kappa shape index (κ2) is 8.07. The fraction of sp³-hybridized carbons (Fsp3) is 0.235. The Labute approximate surface area is 124 Å². The number of carbonyl (C=O) groups excluding carboxylic acids is 1. The third kappa shape index (κ3) is 4.93. The summed E-state index contributed by atoms with van der Waals surface area (Å²) >= 11 is 0. The molecule has 2 rings (SSSR count). The van der Waals surface area contributed by atoms with E-state index in [2.05, 4.69) is 5.32 Å². The van der Waals surface area contributed by atoms with E-state index in [1.165, 1.54) is 0 Å². The fourth-order valence-corrected chi connectivity index (χ4v) is 1.93. The van der Waals surface area contributed by atoms with Gasteiger partial charge in [0.1, 0.15) is 5.75 Å². The molecule has 0 spiro atoms. The topological polar surface area (TPSA) is 58.6 Å². The number of carbonyl (C=O) groups is 1. The quantitative estimate of drug-likeness (QED) is 0.769. The van der Waals surface area contributed by atoms with Crippen LogP contribution >= 0.6 is 0 Å². The van der Waals surface area contributed by atoms with Crippen LogP contribution in [0.5, 0.6) is 5.75 Å². The summed E-state index contributed by atoms with van der Waals surface area (Å²) in [5.74, 6) is 0.732. The summed E-state index contributed by atoms with van der Waals surface area (Å²) in [6, 6.07) is 16.7. The van der Waals surface area contributed by atoms with Crippen LogP contribution in [0.15, 0.2) is 54.6 Å². The molecule has 0 saturated carbocycles. The number of aliphatic hydroxyl groups excluding tert-OH is 1. The van der Waals surface area contributed by atoms with Crippen molar-refractivity contribution in [2.24, 2.45) is 0 Å². The first-order valence-electron chi connectivity index (χ1n) is 6.96. The molecule has 1 amide bonds. The molecule has 0 saturated heterocycles. The minimum Gasteiger partial charge on any atom is -0.494 e. The van der Waals surface area contributed by atoms with Gasteiger partial charge in [0.25, 0.3) is 0 Å². The van der Waals surface area contributed by atoms with Gasteiger partial charge in [-0.1, -0.05) is 36.4 Å². The van der Waals surface area contributed by atoms with Crippen LogP contribution in [-0.4, -0.2) is 17.6 Å². The molecular weight excluding hydrogens is 266 g/mol. The monoisotopic (exact) mass is 285 g/mol. The molecule has 110 valence electrons. The van der Waals surface area contributed by atoms with Crippen LogP contribution in [0.2, 0.25) is 0 Å². The van der Waals surface area contributed by atoms with Gasteiger partial charge >= 0.3 is 0 Å². The fourth-order valence-electron chi connectivity index (χ4n) is 1.93. The first kappa shape index (κ1) is 15.1. The molecule has 0 aliphatic rings.